The van der Waals surface area contributed by atoms with Gasteiger partial charge in [-0.05, 0) is 36.4 Å². The number of hydrazone groups is 1. The van der Waals surface area contributed by atoms with Gasteiger partial charge >= 0.3 is 17.8 Å². The fourth-order valence-electron chi connectivity index (χ4n) is 1.79. The normalized spacial score (nSPS) is 10.3. The van der Waals surface area contributed by atoms with Crippen LogP contribution in [0.25, 0.3) is 0 Å². The van der Waals surface area contributed by atoms with Crippen LogP contribution in [0, 0.1) is 0 Å². The van der Waals surface area contributed by atoms with Crippen molar-refractivity contribution in [2.24, 2.45) is 5.10 Å². The van der Waals surface area contributed by atoms with Gasteiger partial charge in [0.25, 0.3) is 0 Å². The minimum Gasteiger partial charge on any atom is -0.481 e. The molecule has 0 atom stereocenters. The molecule has 3 N–H and O–H groups in total. The molecule has 8 nitrogen and oxygen atoms in total. The number of para-hydroxylation sites is 1. The second-order valence-corrected chi connectivity index (χ2v) is 5.32. The Bertz CT molecular complexity index is 837. The number of nitrogens with zero attached hydrogens (tertiary/aromatic N) is 1. The third-order valence-corrected chi connectivity index (χ3v) is 3.20. The molecule has 2 aromatic rings. The van der Waals surface area contributed by atoms with Crippen molar-refractivity contribution in [1.82, 2.24) is 5.43 Å². The third kappa shape index (κ3) is 5.91. The van der Waals surface area contributed by atoms with Crippen molar-refractivity contribution in [3.05, 3.63) is 59.1 Å². The van der Waals surface area contributed by atoms with Gasteiger partial charge in [0.15, 0.2) is 6.61 Å². The molecule has 0 fully saturated rings. The maximum atomic E-state index is 11.8. The summed E-state index contributed by atoms with van der Waals surface area (Å²) in [5, 5.41) is 15.2. The van der Waals surface area contributed by atoms with Crippen molar-refractivity contribution in [2.45, 2.75) is 0 Å². The van der Waals surface area contributed by atoms with Crippen molar-refractivity contribution in [1.29, 1.82) is 0 Å². The van der Waals surface area contributed by atoms with E-state index in [1.165, 1.54) is 6.21 Å². The Labute approximate surface area is 153 Å². The van der Waals surface area contributed by atoms with Crippen LogP contribution in [0.5, 0.6) is 5.75 Å². The number of hydrogen-bond acceptors (Lipinski definition) is 5. The number of carboxylic acid groups (broad SMARTS) is 1. The topological polar surface area (TPSA) is 117 Å². The highest BCUT2D eigenvalue weighted by Gasteiger charge is 2.12. The number of nitrogens with one attached hydrogen (secondary N) is 2. The van der Waals surface area contributed by atoms with Gasteiger partial charge in [0, 0.05) is 16.3 Å². The Morgan fingerprint density at radius 3 is 2.46 bits per heavy atom. The summed E-state index contributed by atoms with van der Waals surface area (Å²) in [4.78, 5) is 34.1. The van der Waals surface area contributed by atoms with Crippen molar-refractivity contribution >= 4 is 41.3 Å². The van der Waals surface area contributed by atoms with Crippen LogP contribution in [0.3, 0.4) is 0 Å². The van der Waals surface area contributed by atoms with Gasteiger partial charge in [0.05, 0.1) is 6.21 Å². The van der Waals surface area contributed by atoms with E-state index in [0.717, 1.165) is 0 Å². The molecule has 2 amide bonds. The molecule has 26 heavy (non-hydrogen) atoms. The average molecular weight is 376 g/mol. The highest BCUT2D eigenvalue weighted by molar-refractivity contribution is 6.39. The molecular formula is C17H14ClN3O5. The number of carbonyl (C=O) groups excluding carboxylic acids is 2. The van der Waals surface area contributed by atoms with Gasteiger partial charge in [-0.2, -0.15) is 5.10 Å². The van der Waals surface area contributed by atoms with E-state index in [1.807, 2.05) is 0 Å². The van der Waals surface area contributed by atoms with E-state index in [2.05, 4.69) is 15.8 Å². The first-order valence-electron chi connectivity index (χ1n) is 7.29. The third-order valence-electron chi connectivity index (χ3n) is 2.95. The molecular weight excluding hydrogens is 362 g/mol. The molecule has 0 radical (unpaired) electrons. The van der Waals surface area contributed by atoms with Crippen LogP contribution in [-0.4, -0.2) is 35.7 Å². The Morgan fingerprint density at radius 1 is 1.08 bits per heavy atom. The summed E-state index contributed by atoms with van der Waals surface area (Å²) in [5.74, 6) is -2.72. The Morgan fingerprint density at radius 2 is 1.77 bits per heavy atom. The number of aliphatic carboxylic acids is 1. The van der Waals surface area contributed by atoms with Crippen LogP contribution >= 0.6 is 11.6 Å². The van der Waals surface area contributed by atoms with E-state index in [9.17, 15) is 14.4 Å². The van der Waals surface area contributed by atoms with E-state index in [-0.39, 0.29) is 5.75 Å². The lowest BCUT2D eigenvalue weighted by atomic mass is 10.2. The number of benzene rings is 2. The molecule has 134 valence electrons. The second kappa shape index (κ2) is 9.19. The predicted octanol–water partition coefficient (Wildman–Crippen LogP) is 1.89. The van der Waals surface area contributed by atoms with Gasteiger partial charge < -0.3 is 15.2 Å². The minimum atomic E-state index is -1.12. The summed E-state index contributed by atoms with van der Waals surface area (Å²) in [6.07, 6.45) is 1.24. The lowest BCUT2D eigenvalue weighted by Crippen LogP contribution is -2.32. The number of amides is 2. The minimum absolute atomic E-state index is 0.276. The van der Waals surface area contributed by atoms with Crippen molar-refractivity contribution in [3.63, 3.8) is 0 Å². The number of hydrogen-bond donors (Lipinski definition) is 3. The smallest absolute Gasteiger partial charge is 0.341 e. The van der Waals surface area contributed by atoms with Gasteiger partial charge in [-0.25, -0.2) is 10.2 Å². The molecule has 0 heterocycles. The summed E-state index contributed by atoms with van der Waals surface area (Å²) in [5.41, 5.74) is 2.92. The number of carboxylic acids is 1. The number of anilines is 1. The summed E-state index contributed by atoms with van der Waals surface area (Å²) in [7, 11) is 0. The van der Waals surface area contributed by atoms with E-state index in [1.54, 1.807) is 48.5 Å². The van der Waals surface area contributed by atoms with E-state index in [4.69, 9.17) is 21.4 Å². The van der Waals surface area contributed by atoms with E-state index >= 15 is 0 Å². The monoisotopic (exact) mass is 375 g/mol. The highest BCUT2D eigenvalue weighted by Crippen LogP contribution is 2.15. The lowest BCUT2D eigenvalue weighted by Gasteiger charge is -2.06. The number of rotatable bonds is 6. The Hall–Kier alpha value is -3.39. The number of ether oxygens (including phenoxy) is 1. The molecule has 0 aromatic heterocycles. The molecule has 2 aromatic carbocycles. The zero-order valence-electron chi connectivity index (χ0n) is 13.3. The highest BCUT2D eigenvalue weighted by atomic mass is 35.5. The fraction of sp³-hybridized carbons (Fsp3) is 0.0588. The van der Waals surface area contributed by atoms with Crippen molar-refractivity contribution in [2.75, 3.05) is 11.9 Å². The summed E-state index contributed by atoms with van der Waals surface area (Å²) < 4.78 is 5.10. The zero-order chi connectivity index (χ0) is 18.9. The molecule has 9 heteroatoms. The molecule has 0 bridgehead atoms. The van der Waals surface area contributed by atoms with Crippen LogP contribution in [-0.2, 0) is 14.4 Å². The van der Waals surface area contributed by atoms with Crippen LogP contribution in [0.4, 0.5) is 5.69 Å². The molecule has 0 saturated heterocycles. The largest absolute Gasteiger partial charge is 0.481 e. The van der Waals surface area contributed by atoms with Gasteiger partial charge in [0.1, 0.15) is 5.75 Å². The molecule has 0 aliphatic heterocycles. The predicted molar refractivity (Wildman–Crippen MR) is 95.4 cm³/mol. The Balaban J connectivity index is 1.93. The molecule has 0 spiro atoms. The standard InChI is InChI=1S/C17H14ClN3O5/c18-12-5-7-13(8-6-12)20-16(24)17(25)21-19-9-11-3-1-2-4-14(11)26-10-15(22)23/h1-9H,10H2,(H,20,24)(H,21,25)(H,22,23)/b19-9+. The average Bonchev–Trinajstić information content (AvgIpc) is 2.62. The molecule has 2 rings (SSSR count). The first-order valence-corrected chi connectivity index (χ1v) is 7.67. The maximum absolute atomic E-state index is 11.8. The second-order valence-electron chi connectivity index (χ2n) is 4.88. The van der Waals surface area contributed by atoms with Crippen LogP contribution in [0.1, 0.15) is 5.56 Å². The van der Waals surface area contributed by atoms with Crippen molar-refractivity contribution in [3.8, 4) is 5.75 Å². The van der Waals surface area contributed by atoms with Gasteiger partial charge in [0.2, 0.25) is 0 Å². The molecule has 0 saturated carbocycles. The van der Waals surface area contributed by atoms with Gasteiger partial charge in [-0.3, -0.25) is 9.59 Å². The summed E-state index contributed by atoms with van der Waals surface area (Å²) in [6, 6.07) is 12.7. The van der Waals surface area contributed by atoms with E-state index in [0.29, 0.717) is 16.3 Å². The number of halogens is 1. The van der Waals surface area contributed by atoms with Crippen LogP contribution in [0.15, 0.2) is 53.6 Å². The molecule has 0 aliphatic rings. The molecule has 0 unspecified atom stereocenters. The first kappa shape index (κ1) is 18.9. The van der Waals surface area contributed by atoms with Crippen LogP contribution in [0.2, 0.25) is 5.02 Å². The van der Waals surface area contributed by atoms with Gasteiger partial charge in [-0.15, -0.1) is 0 Å². The van der Waals surface area contributed by atoms with Crippen LogP contribution < -0.4 is 15.5 Å². The SMILES string of the molecule is O=C(O)COc1ccccc1/C=N/NC(=O)C(=O)Nc1ccc(Cl)cc1. The lowest BCUT2D eigenvalue weighted by molar-refractivity contribution is -0.139. The van der Waals surface area contributed by atoms with E-state index < -0.39 is 24.4 Å². The summed E-state index contributed by atoms with van der Waals surface area (Å²) in [6.45, 7) is -0.513. The van der Waals surface area contributed by atoms with Crippen molar-refractivity contribution < 1.29 is 24.2 Å². The fourth-order valence-corrected chi connectivity index (χ4v) is 1.92. The number of carbonyl (C=O) groups is 3. The quantitative estimate of drug-likeness (QED) is 0.405. The first-order chi connectivity index (χ1) is 12.5. The zero-order valence-corrected chi connectivity index (χ0v) is 14.1. The molecule has 0 aliphatic carbocycles. The maximum Gasteiger partial charge on any atom is 0.341 e. The van der Waals surface area contributed by atoms with Gasteiger partial charge in [-0.1, -0.05) is 23.7 Å². The Kier molecular flexibility index (Phi) is 6.69. The summed E-state index contributed by atoms with van der Waals surface area (Å²) >= 11 is 5.74.